The summed E-state index contributed by atoms with van der Waals surface area (Å²) in [6, 6.07) is 5.57. The minimum Gasteiger partial charge on any atom is -0.366 e. The van der Waals surface area contributed by atoms with Gasteiger partial charge in [0.2, 0.25) is 5.91 Å². The van der Waals surface area contributed by atoms with Gasteiger partial charge in [0.25, 0.3) is 0 Å². The lowest BCUT2D eigenvalue weighted by Gasteiger charge is -2.08. The van der Waals surface area contributed by atoms with Gasteiger partial charge in [-0.2, -0.15) is 0 Å². The van der Waals surface area contributed by atoms with Crippen molar-refractivity contribution in [2.75, 3.05) is 0 Å². The number of aryl methyl sites for hydroxylation is 2. The lowest BCUT2D eigenvalue weighted by molar-refractivity contribution is 0.1000. The quantitative estimate of drug-likeness (QED) is 0.892. The summed E-state index contributed by atoms with van der Waals surface area (Å²) in [5, 5.41) is 8.21. The molecule has 0 saturated heterocycles. The van der Waals surface area contributed by atoms with Crippen LogP contribution in [0.5, 0.6) is 0 Å². The summed E-state index contributed by atoms with van der Waals surface area (Å²) in [6.07, 6.45) is 0. The number of amides is 1. The van der Waals surface area contributed by atoms with Crippen molar-refractivity contribution in [3.63, 3.8) is 0 Å². The molecule has 1 heterocycles. The highest BCUT2D eigenvalue weighted by atomic mass is 16.1. The van der Waals surface area contributed by atoms with Gasteiger partial charge in [0.15, 0.2) is 5.82 Å². The van der Waals surface area contributed by atoms with Crippen LogP contribution in [-0.2, 0) is 6.54 Å². The molecule has 1 aromatic heterocycles. The number of hydrogen-bond donors (Lipinski definition) is 1. The van der Waals surface area contributed by atoms with E-state index in [0.717, 1.165) is 29.3 Å². The Morgan fingerprint density at radius 1 is 1.33 bits per heavy atom. The van der Waals surface area contributed by atoms with Crippen LogP contribution in [0.3, 0.4) is 0 Å². The van der Waals surface area contributed by atoms with Gasteiger partial charge in [0, 0.05) is 17.7 Å². The molecule has 0 aliphatic heterocycles. The first-order valence-electron chi connectivity index (χ1n) is 5.85. The van der Waals surface area contributed by atoms with Crippen LogP contribution in [0.25, 0.3) is 11.4 Å². The fourth-order valence-electron chi connectivity index (χ4n) is 2.00. The average Bonchev–Trinajstić information content (AvgIpc) is 2.70. The van der Waals surface area contributed by atoms with E-state index in [1.807, 2.05) is 37.5 Å². The summed E-state index contributed by atoms with van der Waals surface area (Å²) in [4.78, 5) is 11.3. The van der Waals surface area contributed by atoms with E-state index < -0.39 is 5.91 Å². The first-order chi connectivity index (χ1) is 8.54. The number of primary amides is 1. The van der Waals surface area contributed by atoms with Crippen molar-refractivity contribution >= 4 is 5.91 Å². The molecular formula is C13H16N4O. The Kier molecular flexibility index (Phi) is 3.14. The maximum absolute atomic E-state index is 11.3. The Bertz CT molecular complexity index is 601. The second-order valence-electron chi connectivity index (χ2n) is 4.21. The van der Waals surface area contributed by atoms with Crippen molar-refractivity contribution in [3.8, 4) is 11.4 Å². The minimum absolute atomic E-state index is 0.423. The second kappa shape index (κ2) is 4.60. The normalized spacial score (nSPS) is 10.6. The maximum Gasteiger partial charge on any atom is 0.248 e. The van der Waals surface area contributed by atoms with E-state index in [-0.39, 0.29) is 0 Å². The summed E-state index contributed by atoms with van der Waals surface area (Å²) in [7, 11) is 0. The molecule has 0 atom stereocenters. The SMILES string of the molecule is CCn1c(C)nnc1-c1ccc(C)c(C(N)=O)c1. The van der Waals surface area contributed by atoms with Crippen LogP contribution in [0, 0.1) is 13.8 Å². The van der Waals surface area contributed by atoms with E-state index in [9.17, 15) is 4.79 Å². The monoisotopic (exact) mass is 244 g/mol. The number of rotatable bonds is 3. The van der Waals surface area contributed by atoms with E-state index in [4.69, 9.17) is 5.73 Å². The summed E-state index contributed by atoms with van der Waals surface area (Å²) in [5.74, 6) is 1.19. The van der Waals surface area contributed by atoms with E-state index in [2.05, 4.69) is 10.2 Å². The highest BCUT2D eigenvalue weighted by Crippen LogP contribution is 2.21. The molecule has 0 aliphatic rings. The lowest BCUT2D eigenvalue weighted by atomic mass is 10.0. The predicted molar refractivity (Wildman–Crippen MR) is 69.1 cm³/mol. The lowest BCUT2D eigenvalue weighted by Crippen LogP contribution is -2.13. The molecule has 2 rings (SSSR count). The summed E-state index contributed by atoms with van der Waals surface area (Å²) in [5.41, 5.74) is 7.60. The van der Waals surface area contributed by atoms with Gasteiger partial charge < -0.3 is 10.3 Å². The Labute approximate surface area is 106 Å². The maximum atomic E-state index is 11.3. The first kappa shape index (κ1) is 12.3. The third-order valence-corrected chi connectivity index (χ3v) is 3.01. The Morgan fingerprint density at radius 3 is 2.67 bits per heavy atom. The molecule has 0 unspecified atom stereocenters. The summed E-state index contributed by atoms with van der Waals surface area (Å²) >= 11 is 0. The van der Waals surface area contributed by atoms with Crippen molar-refractivity contribution < 1.29 is 4.79 Å². The number of benzene rings is 1. The van der Waals surface area contributed by atoms with Gasteiger partial charge in [-0.1, -0.05) is 12.1 Å². The predicted octanol–water partition coefficient (Wildman–Crippen LogP) is 1.68. The number of carbonyl (C=O) groups is 1. The molecule has 2 aromatic rings. The van der Waals surface area contributed by atoms with Crippen molar-refractivity contribution in [2.45, 2.75) is 27.3 Å². The van der Waals surface area contributed by atoms with Crippen molar-refractivity contribution in [3.05, 3.63) is 35.2 Å². The highest BCUT2D eigenvalue weighted by molar-refractivity contribution is 5.95. The number of hydrogen-bond acceptors (Lipinski definition) is 3. The van der Waals surface area contributed by atoms with E-state index in [1.54, 1.807) is 6.07 Å². The van der Waals surface area contributed by atoms with Gasteiger partial charge >= 0.3 is 0 Å². The van der Waals surface area contributed by atoms with Crippen LogP contribution in [-0.4, -0.2) is 20.7 Å². The number of nitrogens with two attached hydrogens (primary N) is 1. The molecule has 0 aliphatic carbocycles. The molecule has 94 valence electrons. The molecule has 1 amide bonds. The molecule has 0 radical (unpaired) electrons. The van der Waals surface area contributed by atoms with Crippen molar-refractivity contribution in [1.82, 2.24) is 14.8 Å². The van der Waals surface area contributed by atoms with Gasteiger partial charge in [0.05, 0.1) is 0 Å². The van der Waals surface area contributed by atoms with Gasteiger partial charge in [0.1, 0.15) is 5.82 Å². The third-order valence-electron chi connectivity index (χ3n) is 3.01. The molecule has 0 bridgehead atoms. The van der Waals surface area contributed by atoms with Gasteiger partial charge in [-0.05, 0) is 32.4 Å². The minimum atomic E-state index is -0.423. The zero-order chi connectivity index (χ0) is 13.3. The zero-order valence-electron chi connectivity index (χ0n) is 10.8. The van der Waals surface area contributed by atoms with Crippen molar-refractivity contribution in [1.29, 1.82) is 0 Å². The topological polar surface area (TPSA) is 73.8 Å². The van der Waals surface area contributed by atoms with Crippen LogP contribution in [0.4, 0.5) is 0 Å². The van der Waals surface area contributed by atoms with Gasteiger partial charge in [-0.15, -0.1) is 10.2 Å². The second-order valence-corrected chi connectivity index (χ2v) is 4.21. The summed E-state index contributed by atoms with van der Waals surface area (Å²) < 4.78 is 2.00. The fraction of sp³-hybridized carbons (Fsp3) is 0.308. The molecule has 0 spiro atoms. The molecule has 1 aromatic carbocycles. The van der Waals surface area contributed by atoms with Crippen LogP contribution in [0.2, 0.25) is 0 Å². The van der Waals surface area contributed by atoms with E-state index in [0.29, 0.717) is 5.56 Å². The Balaban J connectivity index is 2.57. The van der Waals surface area contributed by atoms with Crippen LogP contribution in [0.15, 0.2) is 18.2 Å². The zero-order valence-corrected chi connectivity index (χ0v) is 10.8. The molecule has 5 heteroatoms. The van der Waals surface area contributed by atoms with Crippen molar-refractivity contribution in [2.24, 2.45) is 5.73 Å². The van der Waals surface area contributed by atoms with Crippen LogP contribution < -0.4 is 5.73 Å². The highest BCUT2D eigenvalue weighted by Gasteiger charge is 2.12. The third kappa shape index (κ3) is 1.99. The molecule has 0 fully saturated rings. The van der Waals surface area contributed by atoms with E-state index in [1.165, 1.54) is 0 Å². The van der Waals surface area contributed by atoms with Crippen LogP contribution >= 0.6 is 0 Å². The van der Waals surface area contributed by atoms with Crippen LogP contribution in [0.1, 0.15) is 28.7 Å². The first-order valence-corrected chi connectivity index (χ1v) is 5.85. The number of aromatic nitrogens is 3. The number of carbonyl (C=O) groups excluding carboxylic acids is 1. The standard InChI is InChI=1S/C13H16N4O/c1-4-17-9(3)15-16-13(17)10-6-5-8(2)11(7-10)12(14)18/h5-7H,4H2,1-3H3,(H2,14,18). The molecule has 0 saturated carbocycles. The Hall–Kier alpha value is -2.17. The largest absolute Gasteiger partial charge is 0.366 e. The van der Waals surface area contributed by atoms with Gasteiger partial charge in [-0.3, -0.25) is 4.79 Å². The van der Waals surface area contributed by atoms with Gasteiger partial charge in [-0.25, -0.2) is 0 Å². The summed E-state index contributed by atoms with van der Waals surface area (Å²) in [6.45, 7) is 6.58. The average molecular weight is 244 g/mol. The number of nitrogens with zero attached hydrogens (tertiary/aromatic N) is 3. The molecule has 2 N–H and O–H groups in total. The molecule has 5 nitrogen and oxygen atoms in total. The molecular weight excluding hydrogens is 228 g/mol. The van der Waals surface area contributed by atoms with E-state index >= 15 is 0 Å². The smallest absolute Gasteiger partial charge is 0.248 e. The molecule has 18 heavy (non-hydrogen) atoms. The fourth-order valence-corrected chi connectivity index (χ4v) is 2.00. The Morgan fingerprint density at radius 2 is 2.06 bits per heavy atom.